The Labute approximate surface area is 176 Å². The van der Waals surface area contributed by atoms with Crippen LogP contribution in [-0.2, 0) is 16.6 Å². The number of hydrogen-bond acceptors (Lipinski definition) is 4. The van der Waals surface area contributed by atoms with Gasteiger partial charge in [-0.2, -0.15) is 4.31 Å². The lowest BCUT2D eigenvalue weighted by atomic mass is 10.1. The molecular weight excluding hydrogens is 409 g/mol. The molecule has 0 aromatic heterocycles. The van der Waals surface area contributed by atoms with Gasteiger partial charge < -0.3 is 10.2 Å². The van der Waals surface area contributed by atoms with E-state index in [0.717, 1.165) is 22.0 Å². The highest BCUT2D eigenvalue weighted by atomic mass is 32.2. The normalized spacial score (nSPS) is 11.4. The summed E-state index contributed by atoms with van der Waals surface area (Å²) in [5.41, 5.74) is 1.36. The van der Waals surface area contributed by atoms with E-state index in [4.69, 9.17) is 0 Å². The number of hydrogen-bond donors (Lipinski definition) is 1. The standard InChI is InChI=1S/C21H26FN3O4S/c1-5-25(6-2)30(28,29)19-13-17(11-12-18(19)22)21(27)24(4)14-15-7-9-16(10-8-15)20(26)23-3/h7-13H,5-6,14H2,1-4H3,(H,23,26). The summed E-state index contributed by atoms with van der Waals surface area (Å²) in [7, 11) is -0.930. The highest BCUT2D eigenvalue weighted by Gasteiger charge is 2.27. The van der Waals surface area contributed by atoms with Crippen LogP contribution in [0, 0.1) is 5.82 Å². The number of rotatable bonds is 8. The second kappa shape index (κ2) is 9.82. The Morgan fingerprint density at radius 3 is 2.10 bits per heavy atom. The van der Waals surface area contributed by atoms with Crippen LogP contribution in [0.5, 0.6) is 0 Å². The van der Waals surface area contributed by atoms with Gasteiger partial charge in [-0.25, -0.2) is 12.8 Å². The lowest BCUT2D eigenvalue weighted by Gasteiger charge is -2.21. The SMILES string of the molecule is CCN(CC)S(=O)(=O)c1cc(C(=O)N(C)Cc2ccc(C(=O)NC)cc2)ccc1F. The number of nitrogens with zero attached hydrogens (tertiary/aromatic N) is 2. The lowest BCUT2D eigenvalue weighted by molar-refractivity contribution is 0.0784. The molecule has 1 N–H and O–H groups in total. The minimum absolute atomic E-state index is 0.0756. The van der Waals surface area contributed by atoms with Crippen molar-refractivity contribution >= 4 is 21.8 Å². The number of halogens is 1. The molecule has 9 heteroatoms. The zero-order chi connectivity index (χ0) is 22.5. The maximum Gasteiger partial charge on any atom is 0.253 e. The van der Waals surface area contributed by atoms with Crippen molar-refractivity contribution in [1.82, 2.24) is 14.5 Å². The van der Waals surface area contributed by atoms with Gasteiger partial charge in [-0.05, 0) is 35.9 Å². The Kier molecular flexibility index (Phi) is 7.69. The van der Waals surface area contributed by atoms with Crippen LogP contribution in [-0.4, -0.2) is 56.6 Å². The molecule has 0 aliphatic rings. The molecular formula is C21H26FN3O4S. The molecule has 162 valence electrons. The smallest absolute Gasteiger partial charge is 0.253 e. The van der Waals surface area contributed by atoms with Gasteiger partial charge in [0.05, 0.1) is 0 Å². The van der Waals surface area contributed by atoms with Crippen LogP contribution in [0.1, 0.15) is 40.1 Å². The first-order chi connectivity index (χ1) is 14.1. The minimum atomic E-state index is -4.04. The third kappa shape index (κ3) is 5.03. The van der Waals surface area contributed by atoms with Crippen molar-refractivity contribution < 1.29 is 22.4 Å². The Morgan fingerprint density at radius 1 is 1.00 bits per heavy atom. The number of nitrogens with one attached hydrogen (secondary N) is 1. The molecule has 2 amide bonds. The molecule has 2 aromatic carbocycles. The Balaban J connectivity index is 2.25. The molecule has 0 fully saturated rings. The molecule has 0 radical (unpaired) electrons. The van der Waals surface area contributed by atoms with E-state index in [-0.39, 0.29) is 31.1 Å². The average molecular weight is 436 g/mol. The molecule has 0 bridgehead atoms. The van der Waals surface area contributed by atoms with Crippen molar-refractivity contribution in [2.24, 2.45) is 0 Å². The Hall–Kier alpha value is -2.78. The van der Waals surface area contributed by atoms with Gasteiger partial charge in [0.15, 0.2) is 0 Å². The predicted molar refractivity (Wildman–Crippen MR) is 112 cm³/mol. The summed E-state index contributed by atoms with van der Waals surface area (Å²) < 4.78 is 40.8. The molecule has 0 aliphatic heterocycles. The highest BCUT2D eigenvalue weighted by molar-refractivity contribution is 7.89. The summed E-state index contributed by atoms with van der Waals surface area (Å²) in [4.78, 5) is 25.3. The van der Waals surface area contributed by atoms with Gasteiger partial charge in [-0.3, -0.25) is 9.59 Å². The summed E-state index contributed by atoms with van der Waals surface area (Å²) >= 11 is 0. The van der Waals surface area contributed by atoms with Crippen LogP contribution in [0.4, 0.5) is 4.39 Å². The topological polar surface area (TPSA) is 86.8 Å². The monoisotopic (exact) mass is 435 g/mol. The van der Waals surface area contributed by atoms with Gasteiger partial charge >= 0.3 is 0 Å². The molecule has 0 saturated carbocycles. The molecule has 0 heterocycles. The van der Waals surface area contributed by atoms with Crippen molar-refractivity contribution in [2.75, 3.05) is 27.2 Å². The maximum atomic E-state index is 14.3. The summed E-state index contributed by atoms with van der Waals surface area (Å²) in [6.07, 6.45) is 0. The van der Waals surface area contributed by atoms with E-state index in [1.165, 1.54) is 11.0 Å². The van der Waals surface area contributed by atoms with Crippen molar-refractivity contribution in [3.8, 4) is 0 Å². The predicted octanol–water partition coefficient (Wildman–Crippen LogP) is 2.49. The van der Waals surface area contributed by atoms with E-state index in [2.05, 4.69) is 5.32 Å². The number of amides is 2. The van der Waals surface area contributed by atoms with Crippen molar-refractivity contribution in [3.05, 3.63) is 65.0 Å². The van der Waals surface area contributed by atoms with Crippen LogP contribution in [0.15, 0.2) is 47.4 Å². The van der Waals surface area contributed by atoms with E-state index < -0.39 is 26.6 Å². The number of carbonyl (C=O) groups is 2. The van der Waals surface area contributed by atoms with Gasteiger partial charge in [-0.1, -0.05) is 26.0 Å². The molecule has 2 rings (SSSR count). The number of sulfonamides is 1. The molecule has 0 unspecified atom stereocenters. The summed E-state index contributed by atoms with van der Waals surface area (Å²) in [6.45, 7) is 3.96. The molecule has 30 heavy (non-hydrogen) atoms. The molecule has 0 atom stereocenters. The summed E-state index contributed by atoms with van der Waals surface area (Å²) in [5.74, 6) is -1.55. The minimum Gasteiger partial charge on any atom is -0.355 e. The van der Waals surface area contributed by atoms with Gasteiger partial charge in [0, 0.05) is 44.9 Å². The van der Waals surface area contributed by atoms with E-state index in [0.29, 0.717) is 5.56 Å². The largest absolute Gasteiger partial charge is 0.355 e. The average Bonchev–Trinajstić information content (AvgIpc) is 2.74. The first kappa shape index (κ1) is 23.5. The fourth-order valence-electron chi connectivity index (χ4n) is 3.01. The summed E-state index contributed by atoms with van der Waals surface area (Å²) in [6, 6.07) is 10.1. The molecule has 0 saturated heterocycles. The quantitative estimate of drug-likeness (QED) is 0.690. The number of carbonyl (C=O) groups excluding carboxylic acids is 2. The van der Waals surface area contributed by atoms with Crippen LogP contribution in [0.3, 0.4) is 0 Å². The third-order valence-electron chi connectivity index (χ3n) is 4.71. The fourth-order valence-corrected chi connectivity index (χ4v) is 4.56. The third-order valence-corrected chi connectivity index (χ3v) is 6.78. The van der Waals surface area contributed by atoms with Crippen LogP contribution in [0.2, 0.25) is 0 Å². The van der Waals surface area contributed by atoms with Crippen molar-refractivity contribution in [3.63, 3.8) is 0 Å². The zero-order valence-electron chi connectivity index (χ0n) is 17.5. The lowest BCUT2D eigenvalue weighted by Crippen LogP contribution is -2.32. The van der Waals surface area contributed by atoms with E-state index in [9.17, 15) is 22.4 Å². The molecule has 0 spiro atoms. The molecule has 7 nitrogen and oxygen atoms in total. The van der Waals surface area contributed by atoms with Gasteiger partial charge in [-0.15, -0.1) is 0 Å². The summed E-state index contributed by atoms with van der Waals surface area (Å²) in [5, 5.41) is 2.53. The van der Waals surface area contributed by atoms with Gasteiger partial charge in [0.2, 0.25) is 10.0 Å². The van der Waals surface area contributed by atoms with E-state index in [1.54, 1.807) is 52.2 Å². The van der Waals surface area contributed by atoms with Crippen LogP contribution >= 0.6 is 0 Å². The fraction of sp³-hybridized carbons (Fsp3) is 0.333. The van der Waals surface area contributed by atoms with Crippen LogP contribution < -0.4 is 5.32 Å². The Morgan fingerprint density at radius 2 is 1.57 bits per heavy atom. The molecule has 2 aromatic rings. The molecule has 0 aliphatic carbocycles. The maximum absolute atomic E-state index is 14.3. The van der Waals surface area contributed by atoms with E-state index in [1.807, 2.05) is 0 Å². The highest BCUT2D eigenvalue weighted by Crippen LogP contribution is 2.22. The number of benzene rings is 2. The van der Waals surface area contributed by atoms with Crippen molar-refractivity contribution in [2.45, 2.75) is 25.3 Å². The van der Waals surface area contributed by atoms with Gasteiger partial charge in [0.25, 0.3) is 11.8 Å². The first-order valence-corrected chi connectivity index (χ1v) is 11.0. The second-order valence-electron chi connectivity index (χ2n) is 6.67. The zero-order valence-corrected chi connectivity index (χ0v) is 18.3. The van der Waals surface area contributed by atoms with Crippen LogP contribution in [0.25, 0.3) is 0 Å². The van der Waals surface area contributed by atoms with E-state index >= 15 is 0 Å². The first-order valence-electron chi connectivity index (χ1n) is 9.51. The second-order valence-corrected chi connectivity index (χ2v) is 8.58. The van der Waals surface area contributed by atoms with Crippen molar-refractivity contribution in [1.29, 1.82) is 0 Å². The Bertz CT molecular complexity index is 1020. The van der Waals surface area contributed by atoms with Gasteiger partial charge in [0.1, 0.15) is 10.7 Å².